The zero-order valence-corrected chi connectivity index (χ0v) is 11.5. The molecule has 0 fully saturated rings. The molecular weight excluding hydrogens is 306 g/mol. The number of nitrogen functional groups attached to an aromatic ring is 1. The number of nitrogens with two attached hydrogens (primary N) is 1. The van der Waals surface area contributed by atoms with Gasteiger partial charge in [0.05, 0.1) is 16.4 Å². The Morgan fingerprint density at radius 3 is 2.76 bits per heavy atom. The molecule has 2 rings (SSSR count). The van der Waals surface area contributed by atoms with Crippen molar-refractivity contribution in [3.05, 3.63) is 34.6 Å². The molecule has 2 aromatic rings. The number of amides is 1. The number of aromatic nitrogens is 2. The fourth-order valence-electron chi connectivity index (χ4n) is 1.57. The number of H-pyrrole nitrogens is 1. The maximum absolute atomic E-state index is 12.1. The summed E-state index contributed by atoms with van der Waals surface area (Å²) in [5.41, 5.74) is 6.82. The molecular formula is C12H11ClF2N4O2. The molecule has 1 amide bonds. The summed E-state index contributed by atoms with van der Waals surface area (Å²) in [6, 6.07) is 3.88. The number of alkyl halides is 2. The molecule has 1 aromatic heterocycles. The molecule has 1 aromatic carbocycles. The van der Waals surface area contributed by atoms with Gasteiger partial charge in [0.1, 0.15) is 5.75 Å². The van der Waals surface area contributed by atoms with Gasteiger partial charge in [-0.05, 0) is 25.1 Å². The van der Waals surface area contributed by atoms with Gasteiger partial charge < -0.3 is 15.8 Å². The van der Waals surface area contributed by atoms with Gasteiger partial charge in [-0.25, -0.2) is 0 Å². The average molecular weight is 317 g/mol. The van der Waals surface area contributed by atoms with E-state index in [1.54, 1.807) is 6.92 Å². The number of benzene rings is 1. The van der Waals surface area contributed by atoms with Gasteiger partial charge in [0.25, 0.3) is 5.91 Å². The van der Waals surface area contributed by atoms with Gasteiger partial charge in [-0.2, -0.15) is 13.9 Å². The van der Waals surface area contributed by atoms with E-state index in [4.69, 9.17) is 17.3 Å². The Balaban J connectivity index is 2.15. The van der Waals surface area contributed by atoms with E-state index < -0.39 is 12.5 Å². The van der Waals surface area contributed by atoms with Crippen molar-refractivity contribution in [3.63, 3.8) is 0 Å². The van der Waals surface area contributed by atoms with Crippen LogP contribution in [-0.4, -0.2) is 22.7 Å². The third-order valence-electron chi connectivity index (χ3n) is 2.62. The summed E-state index contributed by atoms with van der Waals surface area (Å²) in [6.07, 6.45) is 0. The van der Waals surface area contributed by atoms with E-state index >= 15 is 0 Å². The van der Waals surface area contributed by atoms with Gasteiger partial charge in [0.15, 0.2) is 5.69 Å². The molecule has 0 saturated carbocycles. The number of carbonyl (C=O) groups excluding carboxylic acids is 1. The summed E-state index contributed by atoms with van der Waals surface area (Å²) >= 11 is 5.78. The number of ether oxygens (including phenoxy) is 1. The van der Waals surface area contributed by atoms with Crippen molar-refractivity contribution < 1.29 is 18.3 Å². The largest absolute Gasteiger partial charge is 0.433 e. The molecule has 0 unspecified atom stereocenters. The van der Waals surface area contributed by atoms with E-state index in [2.05, 4.69) is 20.3 Å². The summed E-state index contributed by atoms with van der Waals surface area (Å²) in [5.74, 6) is -0.727. The zero-order valence-electron chi connectivity index (χ0n) is 10.8. The number of rotatable bonds is 4. The van der Waals surface area contributed by atoms with Crippen LogP contribution in [0.5, 0.6) is 5.75 Å². The highest BCUT2D eigenvalue weighted by Crippen LogP contribution is 2.29. The SMILES string of the molecule is Cc1[nH]nc(C(=O)Nc2ccc(OC(F)F)c(Cl)c2)c1N. The third-order valence-corrected chi connectivity index (χ3v) is 2.91. The first-order valence-electron chi connectivity index (χ1n) is 5.74. The number of aryl methyl sites for hydroxylation is 1. The molecule has 6 nitrogen and oxygen atoms in total. The standard InChI is InChI=1S/C12H11ClF2N4O2/c1-5-9(16)10(19-18-5)11(20)17-6-2-3-8(7(13)4-6)21-12(14)15/h2-4,12H,16H2,1H3,(H,17,20)(H,18,19). The van der Waals surface area contributed by atoms with E-state index in [0.717, 1.165) is 0 Å². The van der Waals surface area contributed by atoms with Gasteiger partial charge in [-0.1, -0.05) is 11.6 Å². The summed E-state index contributed by atoms with van der Waals surface area (Å²) in [6.45, 7) is -1.30. The number of nitrogens with zero attached hydrogens (tertiary/aromatic N) is 1. The highest BCUT2D eigenvalue weighted by atomic mass is 35.5. The Hall–Kier alpha value is -2.35. The number of aromatic amines is 1. The number of anilines is 2. The van der Waals surface area contributed by atoms with Crippen molar-refractivity contribution in [2.75, 3.05) is 11.1 Å². The molecule has 0 aliphatic rings. The van der Waals surface area contributed by atoms with Gasteiger partial charge in [0.2, 0.25) is 0 Å². The van der Waals surface area contributed by atoms with Crippen molar-refractivity contribution in [2.24, 2.45) is 0 Å². The fraction of sp³-hybridized carbons (Fsp3) is 0.167. The van der Waals surface area contributed by atoms with E-state index in [1.165, 1.54) is 18.2 Å². The highest BCUT2D eigenvalue weighted by Gasteiger charge is 2.16. The summed E-state index contributed by atoms with van der Waals surface area (Å²) in [7, 11) is 0. The molecule has 0 spiro atoms. The average Bonchev–Trinajstić information content (AvgIpc) is 2.73. The minimum Gasteiger partial charge on any atom is -0.433 e. The quantitative estimate of drug-likeness (QED) is 0.808. The molecule has 0 bridgehead atoms. The molecule has 21 heavy (non-hydrogen) atoms. The molecule has 0 radical (unpaired) electrons. The maximum atomic E-state index is 12.1. The first kappa shape index (κ1) is 15.0. The Morgan fingerprint density at radius 1 is 1.52 bits per heavy atom. The summed E-state index contributed by atoms with van der Waals surface area (Å²) < 4.78 is 28.4. The van der Waals surface area contributed by atoms with Crippen molar-refractivity contribution in [1.82, 2.24) is 10.2 Å². The van der Waals surface area contributed by atoms with E-state index in [9.17, 15) is 13.6 Å². The predicted octanol–water partition coefficient (Wildman–Crippen LogP) is 2.81. The van der Waals surface area contributed by atoms with Crippen LogP contribution in [0.1, 0.15) is 16.2 Å². The Labute approximate surface area is 123 Å². The van der Waals surface area contributed by atoms with E-state index in [-0.39, 0.29) is 22.2 Å². The zero-order chi connectivity index (χ0) is 15.6. The minimum atomic E-state index is -2.98. The van der Waals surface area contributed by atoms with Crippen molar-refractivity contribution >= 4 is 28.9 Å². The van der Waals surface area contributed by atoms with Crippen molar-refractivity contribution in [2.45, 2.75) is 13.5 Å². The Kier molecular flexibility index (Phi) is 4.27. The molecule has 0 atom stereocenters. The van der Waals surface area contributed by atoms with Gasteiger partial charge in [-0.3, -0.25) is 9.89 Å². The fourth-order valence-corrected chi connectivity index (χ4v) is 1.80. The second-order valence-electron chi connectivity index (χ2n) is 4.09. The topological polar surface area (TPSA) is 93.0 Å². The van der Waals surface area contributed by atoms with Crippen LogP contribution in [0.25, 0.3) is 0 Å². The number of carbonyl (C=O) groups is 1. The molecule has 112 valence electrons. The lowest BCUT2D eigenvalue weighted by Gasteiger charge is -2.09. The molecule has 0 aliphatic heterocycles. The van der Waals surface area contributed by atoms with Crippen LogP contribution in [0.3, 0.4) is 0 Å². The second-order valence-corrected chi connectivity index (χ2v) is 4.50. The highest BCUT2D eigenvalue weighted by molar-refractivity contribution is 6.32. The summed E-state index contributed by atoms with van der Waals surface area (Å²) in [4.78, 5) is 12.0. The smallest absolute Gasteiger partial charge is 0.387 e. The van der Waals surface area contributed by atoms with Crippen molar-refractivity contribution in [3.8, 4) is 5.75 Å². The lowest BCUT2D eigenvalue weighted by molar-refractivity contribution is -0.0497. The van der Waals surface area contributed by atoms with E-state index in [1.807, 2.05) is 0 Å². The first-order chi connectivity index (χ1) is 9.88. The normalized spacial score (nSPS) is 10.7. The Morgan fingerprint density at radius 2 is 2.24 bits per heavy atom. The number of hydrogen-bond donors (Lipinski definition) is 3. The van der Waals surface area contributed by atoms with Gasteiger partial charge >= 0.3 is 6.61 Å². The predicted molar refractivity (Wildman–Crippen MR) is 73.8 cm³/mol. The third kappa shape index (κ3) is 3.40. The van der Waals surface area contributed by atoms with Crippen molar-refractivity contribution in [1.29, 1.82) is 0 Å². The minimum absolute atomic E-state index is 0.0385. The van der Waals surface area contributed by atoms with Crippen LogP contribution in [0.15, 0.2) is 18.2 Å². The number of halogens is 3. The van der Waals surface area contributed by atoms with Crippen LogP contribution >= 0.6 is 11.6 Å². The van der Waals surface area contributed by atoms with Gasteiger partial charge in [-0.15, -0.1) is 0 Å². The lowest BCUT2D eigenvalue weighted by atomic mass is 10.2. The lowest BCUT2D eigenvalue weighted by Crippen LogP contribution is -2.14. The number of hydrogen-bond acceptors (Lipinski definition) is 4. The van der Waals surface area contributed by atoms with Crippen LogP contribution in [0, 0.1) is 6.92 Å². The molecule has 0 aliphatic carbocycles. The first-order valence-corrected chi connectivity index (χ1v) is 6.12. The second kappa shape index (κ2) is 5.96. The molecule has 1 heterocycles. The van der Waals surface area contributed by atoms with Crippen LogP contribution in [0.4, 0.5) is 20.2 Å². The molecule has 4 N–H and O–H groups in total. The van der Waals surface area contributed by atoms with Gasteiger partial charge in [0, 0.05) is 5.69 Å². The monoisotopic (exact) mass is 316 g/mol. The molecule has 9 heteroatoms. The number of nitrogens with one attached hydrogen (secondary N) is 2. The Bertz CT molecular complexity index is 675. The van der Waals surface area contributed by atoms with Crippen LogP contribution < -0.4 is 15.8 Å². The maximum Gasteiger partial charge on any atom is 0.387 e. The molecule has 0 saturated heterocycles. The van der Waals surface area contributed by atoms with Crippen LogP contribution in [0.2, 0.25) is 5.02 Å². The van der Waals surface area contributed by atoms with Crippen LogP contribution in [-0.2, 0) is 0 Å². The summed E-state index contributed by atoms with van der Waals surface area (Å²) in [5, 5.41) is 8.80. The van der Waals surface area contributed by atoms with E-state index in [0.29, 0.717) is 11.4 Å².